The fourth-order valence-corrected chi connectivity index (χ4v) is 3.04. The van der Waals surface area contributed by atoms with Crippen LogP contribution in [0.15, 0.2) is 18.3 Å². The van der Waals surface area contributed by atoms with E-state index >= 15 is 0 Å². The van der Waals surface area contributed by atoms with E-state index in [0.29, 0.717) is 5.56 Å². The third kappa shape index (κ3) is 4.30. The fraction of sp³-hybridized carbons (Fsp3) is 0.562. The molecule has 2 rings (SSSR count). The Morgan fingerprint density at radius 3 is 2.52 bits per heavy atom. The monoisotopic (exact) mass is 355 g/mol. The largest absolute Gasteiger partial charge is 0.394 e. The normalized spacial score (nSPS) is 25.9. The number of aliphatic hydroxyl groups excluding tert-OH is 3. The van der Waals surface area contributed by atoms with E-state index in [-0.39, 0.29) is 19.3 Å². The number of aryl methyl sites for hydroxylation is 1. The van der Waals surface area contributed by atoms with Gasteiger partial charge in [0.2, 0.25) is 17.8 Å². The van der Waals surface area contributed by atoms with Gasteiger partial charge in [-0.2, -0.15) is 4.39 Å². The van der Waals surface area contributed by atoms with Crippen molar-refractivity contribution in [3.8, 4) is 0 Å². The minimum Gasteiger partial charge on any atom is -0.394 e. The van der Waals surface area contributed by atoms with Gasteiger partial charge in [0, 0.05) is 26.1 Å². The van der Waals surface area contributed by atoms with E-state index in [0.717, 1.165) is 0 Å². The summed E-state index contributed by atoms with van der Waals surface area (Å²) < 4.78 is 12.8. The molecule has 1 aliphatic heterocycles. The van der Waals surface area contributed by atoms with Crippen LogP contribution in [0, 0.1) is 5.95 Å². The first-order valence-corrected chi connectivity index (χ1v) is 7.98. The van der Waals surface area contributed by atoms with Gasteiger partial charge in [0.15, 0.2) is 0 Å². The molecule has 1 aromatic heterocycles. The van der Waals surface area contributed by atoms with Crippen molar-refractivity contribution in [1.29, 1.82) is 0 Å². The summed E-state index contributed by atoms with van der Waals surface area (Å²) in [4.78, 5) is 28.9. The smallest absolute Gasteiger partial charge is 0.223 e. The maximum absolute atomic E-state index is 12.8. The van der Waals surface area contributed by atoms with Gasteiger partial charge >= 0.3 is 0 Å². The van der Waals surface area contributed by atoms with E-state index < -0.39 is 48.7 Å². The lowest BCUT2D eigenvalue weighted by Crippen LogP contribution is -2.47. The van der Waals surface area contributed by atoms with Gasteiger partial charge in [0.05, 0.1) is 18.7 Å². The van der Waals surface area contributed by atoms with Crippen LogP contribution in [0.1, 0.15) is 18.4 Å². The van der Waals surface area contributed by atoms with Gasteiger partial charge in [-0.1, -0.05) is 6.07 Å². The number of likely N-dealkylation sites (tertiary alicyclic amines) is 1. The number of rotatable bonds is 6. The summed E-state index contributed by atoms with van der Waals surface area (Å²) in [5.74, 6) is -1.44. The summed E-state index contributed by atoms with van der Waals surface area (Å²) in [5.41, 5.74) is 0.651. The van der Waals surface area contributed by atoms with Crippen molar-refractivity contribution >= 4 is 11.8 Å². The van der Waals surface area contributed by atoms with E-state index in [1.54, 1.807) is 0 Å². The highest BCUT2D eigenvalue weighted by Crippen LogP contribution is 2.28. The zero-order chi connectivity index (χ0) is 18.6. The van der Waals surface area contributed by atoms with Crippen LogP contribution in [0.5, 0.6) is 0 Å². The first-order chi connectivity index (χ1) is 11.9. The summed E-state index contributed by atoms with van der Waals surface area (Å²) in [6.07, 6.45) is -1.24. The molecular formula is C16H22FN3O5. The second-order valence-corrected chi connectivity index (χ2v) is 5.97. The molecule has 1 aromatic rings. The first kappa shape index (κ1) is 19.2. The van der Waals surface area contributed by atoms with E-state index in [4.69, 9.17) is 0 Å². The van der Waals surface area contributed by atoms with E-state index in [1.807, 2.05) is 0 Å². The predicted octanol–water partition coefficient (Wildman–Crippen LogP) is -1.42. The van der Waals surface area contributed by atoms with Gasteiger partial charge in [0.25, 0.3) is 0 Å². The lowest BCUT2D eigenvalue weighted by atomic mass is 10.1. The number of halogens is 1. The Morgan fingerprint density at radius 2 is 1.96 bits per heavy atom. The molecule has 4 unspecified atom stereocenters. The zero-order valence-corrected chi connectivity index (χ0v) is 13.8. The van der Waals surface area contributed by atoms with Gasteiger partial charge in [0.1, 0.15) is 12.2 Å². The molecule has 0 aromatic carbocycles. The Morgan fingerprint density at radius 1 is 1.28 bits per heavy atom. The van der Waals surface area contributed by atoms with Gasteiger partial charge in [-0.15, -0.1) is 0 Å². The van der Waals surface area contributed by atoms with Crippen molar-refractivity contribution in [2.45, 2.75) is 43.6 Å². The van der Waals surface area contributed by atoms with Crippen LogP contribution in [0.2, 0.25) is 0 Å². The van der Waals surface area contributed by atoms with E-state index in [9.17, 15) is 29.3 Å². The number of carbonyl (C=O) groups is 2. The van der Waals surface area contributed by atoms with Gasteiger partial charge in [-0.3, -0.25) is 9.59 Å². The summed E-state index contributed by atoms with van der Waals surface area (Å²) in [7, 11) is 1.43. The summed E-state index contributed by atoms with van der Waals surface area (Å²) >= 11 is 0. The molecule has 2 amide bonds. The van der Waals surface area contributed by atoms with Crippen molar-refractivity contribution < 1.29 is 29.3 Å². The van der Waals surface area contributed by atoms with Crippen LogP contribution in [-0.2, 0) is 16.0 Å². The summed E-state index contributed by atoms with van der Waals surface area (Å²) in [6.45, 7) is -0.535. The highest BCUT2D eigenvalue weighted by molar-refractivity contribution is 5.81. The predicted molar refractivity (Wildman–Crippen MR) is 84.7 cm³/mol. The standard InChI is InChI=1S/C16H22FN3O5/c1-18-13(22)6-10-15(24)16(25)11(8-21)20(10)14(23)5-3-9-2-4-12(17)19-7-9/h2,4,7,10-11,15-16,21,24-25H,3,5-6,8H2,1H3,(H,18,22). The zero-order valence-electron chi connectivity index (χ0n) is 13.8. The molecule has 138 valence electrons. The maximum Gasteiger partial charge on any atom is 0.223 e. The average Bonchev–Trinajstić information content (AvgIpc) is 2.85. The molecular weight excluding hydrogens is 333 g/mol. The lowest BCUT2D eigenvalue weighted by Gasteiger charge is -2.29. The number of hydrogen-bond donors (Lipinski definition) is 4. The first-order valence-electron chi connectivity index (χ1n) is 7.98. The van der Waals surface area contributed by atoms with Gasteiger partial charge in [-0.05, 0) is 18.1 Å². The molecule has 25 heavy (non-hydrogen) atoms. The Hall–Kier alpha value is -2.10. The summed E-state index contributed by atoms with van der Waals surface area (Å²) in [5, 5.41) is 32.1. The van der Waals surface area contributed by atoms with E-state index in [2.05, 4.69) is 10.3 Å². The number of aromatic nitrogens is 1. The molecule has 0 bridgehead atoms. The minimum atomic E-state index is -1.34. The molecule has 2 heterocycles. The molecule has 9 heteroatoms. The Bertz CT molecular complexity index is 612. The topological polar surface area (TPSA) is 123 Å². The molecule has 4 atom stereocenters. The van der Waals surface area contributed by atoms with Crippen molar-refractivity contribution in [3.63, 3.8) is 0 Å². The minimum absolute atomic E-state index is 0.00744. The lowest BCUT2D eigenvalue weighted by molar-refractivity contribution is -0.137. The molecule has 0 aliphatic carbocycles. The number of carbonyl (C=O) groups excluding carboxylic acids is 2. The van der Waals surface area contributed by atoms with Crippen molar-refractivity contribution in [3.05, 3.63) is 29.8 Å². The van der Waals surface area contributed by atoms with Crippen molar-refractivity contribution in [2.24, 2.45) is 0 Å². The number of pyridine rings is 1. The van der Waals surface area contributed by atoms with Crippen LogP contribution in [0.3, 0.4) is 0 Å². The SMILES string of the molecule is CNC(=O)CC1C(O)C(O)C(CO)N1C(=O)CCc1ccc(F)nc1. The summed E-state index contributed by atoms with van der Waals surface area (Å²) in [6, 6.07) is 0.789. The molecule has 1 saturated heterocycles. The van der Waals surface area contributed by atoms with Gasteiger partial charge < -0.3 is 25.5 Å². The van der Waals surface area contributed by atoms with Crippen molar-refractivity contribution in [1.82, 2.24) is 15.2 Å². The molecule has 0 spiro atoms. The number of nitrogens with zero attached hydrogens (tertiary/aromatic N) is 2. The molecule has 1 fully saturated rings. The quantitative estimate of drug-likeness (QED) is 0.465. The third-order valence-corrected chi connectivity index (χ3v) is 4.42. The highest BCUT2D eigenvalue weighted by Gasteiger charge is 2.49. The van der Waals surface area contributed by atoms with Gasteiger partial charge in [-0.25, -0.2) is 4.98 Å². The van der Waals surface area contributed by atoms with Crippen LogP contribution < -0.4 is 5.32 Å². The van der Waals surface area contributed by atoms with Crippen LogP contribution in [0.4, 0.5) is 4.39 Å². The fourth-order valence-electron chi connectivity index (χ4n) is 3.04. The maximum atomic E-state index is 12.8. The van der Waals surface area contributed by atoms with Crippen molar-refractivity contribution in [2.75, 3.05) is 13.7 Å². The van der Waals surface area contributed by atoms with E-state index in [1.165, 1.54) is 30.3 Å². The molecule has 0 saturated carbocycles. The Labute approximate surface area is 144 Å². The van der Waals surface area contributed by atoms with Crippen LogP contribution >= 0.6 is 0 Å². The number of nitrogens with one attached hydrogen (secondary N) is 1. The molecule has 1 aliphatic rings. The van der Waals surface area contributed by atoms with Crippen LogP contribution in [0.25, 0.3) is 0 Å². The molecule has 4 N–H and O–H groups in total. The Kier molecular flexibility index (Phi) is 6.40. The number of amides is 2. The second kappa shape index (κ2) is 8.32. The highest BCUT2D eigenvalue weighted by atomic mass is 19.1. The van der Waals surface area contributed by atoms with Crippen LogP contribution in [-0.4, -0.2) is 75.0 Å². The number of hydrogen-bond acceptors (Lipinski definition) is 6. The third-order valence-electron chi connectivity index (χ3n) is 4.42. The number of aliphatic hydroxyl groups is 3. The molecule has 8 nitrogen and oxygen atoms in total. The average molecular weight is 355 g/mol. The Balaban J connectivity index is 2.11. The second-order valence-electron chi connectivity index (χ2n) is 5.97. The molecule has 0 radical (unpaired) electrons.